The number of nitrogens with zero attached hydrogens (tertiary/aromatic N) is 1. The van der Waals surface area contributed by atoms with Crippen LogP contribution in [-0.2, 0) is 13.1 Å². The maximum absolute atomic E-state index is 10.2. The summed E-state index contributed by atoms with van der Waals surface area (Å²) in [4.78, 5) is 2.22. The minimum Gasteiger partial charge on any atom is -0.491 e. The molecule has 23 heavy (non-hydrogen) atoms. The number of aliphatic hydroxyl groups is 1. The van der Waals surface area contributed by atoms with E-state index < -0.39 is 6.10 Å². The lowest BCUT2D eigenvalue weighted by Gasteiger charge is -2.20. The second kappa shape index (κ2) is 6.60. The third-order valence-corrected chi connectivity index (χ3v) is 4.41. The van der Waals surface area contributed by atoms with E-state index in [1.807, 2.05) is 30.3 Å². The maximum atomic E-state index is 10.2. The number of fused-ring (bicyclic) bond motifs is 1. The quantitative estimate of drug-likeness (QED) is 0.833. The van der Waals surface area contributed by atoms with Gasteiger partial charge >= 0.3 is 0 Å². The number of nitrogens with two attached hydrogens (primary N) is 1. The molecule has 3 N–H and O–H groups in total. The van der Waals surface area contributed by atoms with E-state index in [-0.39, 0.29) is 0 Å². The summed E-state index contributed by atoms with van der Waals surface area (Å²) in [5, 5.41) is 10.2. The van der Waals surface area contributed by atoms with Gasteiger partial charge in [-0.05, 0) is 60.4 Å². The summed E-state index contributed by atoms with van der Waals surface area (Å²) in [6.45, 7) is 6.73. The first-order valence-electron chi connectivity index (χ1n) is 7.99. The first-order chi connectivity index (χ1) is 11.0. The highest BCUT2D eigenvalue weighted by Crippen LogP contribution is 2.24. The van der Waals surface area contributed by atoms with Gasteiger partial charge in [0.1, 0.15) is 18.5 Å². The number of nitrogen functional groups attached to an aromatic ring is 1. The molecule has 2 aromatic carbocycles. The molecular formula is C19H24N2O2. The topological polar surface area (TPSA) is 58.7 Å². The van der Waals surface area contributed by atoms with Crippen molar-refractivity contribution >= 4 is 5.69 Å². The molecule has 0 spiro atoms. The van der Waals surface area contributed by atoms with Crippen molar-refractivity contribution < 1.29 is 9.84 Å². The lowest BCUT2D eigenvalue weighted by Crippen LogP contribution is -2.32. The maximum Gasteiger partial charge on any atom is 0.119 e. The number of rotatable bonds is 5. The number of benzene rings is 2. The van der Waals surface area contributed by atoms with Gasteiger partial charge in [0.25, 0.3) is 0 Å². The van der Waals surface area contributed by atoms with Crippen LogP contribution in [0.5, 0.6) is 5.75 Å². The Bertz CT molecular complexity index is 700. The fourth-order valence-corrected chi connectivity index (χ4v) is 2.96. The first-order valence-corrected chi connectivity index (χ1v) is 7.99. The van der Waals surface area contributed by atoms with Crippen molar-refractivity contribution in [1.29, 1.82) is 0 Å². The fourth-order valence-electron chi connectivity index (χ4n) is 2.96. The Labute approximate surface area is 137 Å². The molecule has 0 aliphatic carbocycles. The van der Waals surface area contributed by atoms with Gasteiger partial charge in [0.2, 0.25) is 0 Å². The summed E-state index contributed by atoms with van der Waals surface area (Å²) in [5.41, 5.74) is 11.6. The van der Waals surface area contributed by atoms with Gasteiger partial charge in [-0.3, -0.25) is 4.90 Å². The number of aliphatic hydroxyl groups excluding tert-OH is 1. The molecule has 1 aliphatic rings. The van der Waals surface area contributed by atoms with Crippen molar-refractivity contribution in [3.63, 3.8) is 0 Å². The molecular weight excluding hydrogens is 288 g/mol. The predicted octanol–water partition coefficient (Wildman–Crippen LogP) is 2.64. The molecule has 0 fully saturated rings. The van der Waals surface area contributed by atoms with Crippen molar-refractivity contribution in [3.8, 4) is 5.75 Å². The van der Waals surface area contributed by atoms with E-state index in [0.29, 0.717) is 13.2 Å². The number of ether oxygens (including phenoxy) is 1. The third-order valence-electron chi connectivity index (χ3n) is 4.41. The van der Waals surface area contributed by atoms with Crippen LogP contribution in [0.2, 0.25) is 0 Å². The minimum atomic E-state index is -0.511. The van der Waals surface area contributed by atoms with Crippen LogP contribution < -0.4 is 10.5 Å². The van der Waals surface area contributed by atoms with E-state index in [0.717, 1.165) is 24.5 Å². The third kappa shape index (κ3) is 3.84. The highest BCUT2D eigenvalue weighted by atomic mass is 16.5. The van der Waals surface area contributed by atoms with E-state index >= 15 is 0 Å². The van der Waals surface area contributed by atoms with Crippen LogP contribution in [0.4, 0.5) is 5.69 Å². The summed E-state index contributed by atoms with van der Waals surface area (Å²) in [7, 11) is 0. The lowest BCUT2D eigenvalue weighted by molar-refractivity contribution is 0.0673. The Morgan fingerprint density at radius 1 is 1.09 bits per heavy atom. The van der Waals surface area contributed by atoms with Crippen molar-refractivity contribution in [1.82, 2.24) is 4.90 Å². The summed E-state index contributed by atoms with van der Waals surface area (Å²) >= 11 is 0. The lowest BCUT2D eigenvalue weighted by atomic mass is 10.1. The van der Waals surface area contributed by atoms with E-state index in [9.17, 15) is 5.11 Å². The standard InChI is InChI=1S/C19H24N2O2/c1-13-3-6-19(7-14(13)2)23-12-18(22)11-21-9-15-4-5-17(20)8-16(15)10-21/h3-8,18,22H,9-12,20H2,1-2H3. The van der Waals surface area contributed by atoms with Crippen LogP contribution in [0.3, 0.4) is 0 Å². The number of hydrogen-bond acceptors (Lipinski definition) is 4. The Kier molecular flexibility index (Phi) is 4.55. The second-order valence-corrected chi connectivity index (χ2v) is 6.41. The van der Waals surface area contributed by atoms with Crippen molar-refractivity contribution in [2.75, 3.05) is 18.9 Å². The van der Waals surface area contributed by atoms with Crippen LogP contribution in [0.25, 0.3) is 0 Å². The molecule has 2 aromatic rings. The van der Waals surface area contributed by atoms with Crippen LogP contribution in [0.1, 0.15) is 22.3 Å². The highest BCUT2D eigenvalue weighted by molar-refractivity contribution is 5.46. The van der Waals surface area contributed by atoms with Gasteiger partial charge in [-0.1, -0.05) is 12.1 Å². The van der Waals surface area contributed by atoms with E-state index in [4.69, 9.17) is 10.5 Å². The van der Waals surface area contributed by atoms with E-state index in [2.05, 4.69) is 24.8 Å². The van der Waals surface area contributed by atoms with Gasteiger partial charge < -0.3 is 15.6 Å². The van der Waals surface area contributed by atoms with E-state index in [1.54, 1.807) is 0 Å². The number of β-amino-alcohol motifs (C(OH)–C–C–N with tert-alkyl or cyclic N) is 1. The SMILES string of the molecule is Cc1ccc(OCC(O)CN2Cc3ccc(N)cc3C2)cc1C. The summed E-state index contributed by atoms with van der Waals surface area (Å²) in [5.74, 6) is 0.810. The molecule has 4 heteroatoms. The smallest absolute Gasteiger partial charge is 0.119 e. The molecule has 1 unspecified atom stereocenters. The van der Waals surface area contributed by atoms with Gasteiger partial charge in [-0.25, -0.2) is 0 Å². The van der Waals surface area contributed by atoms with Gasteiger partial charge in [0.05, 0.1) is 0 Å². The van der Waals surface area contributed by atoms with Crippen molar-refractivity contribution in [3.05, 3.63) is 58.7 Å². The van der Waals surface area contributed by atoms with Crippen LogP contribution in [0, 0.1) is 13.8 Å². The molecule has 0 radical (unpaired) electrons. The molecule has 0 saturated heterocycles. The Morgan fingerprint density at radius 2 is 1.87 bits per heavy atom. The van der Waals surface area contributed by atoms with Crippen molar-refractivity contribution in [2.45, 2.75) is 33.0 Å². The molecule has 3 rings (SSSR count). The molecule has 0 bridgehead atoms. The fraction of sp³-hybridized carbons (Fsp3) is 0.368. The molecule has 122 valence electrons. The zero-order valence-electron chi connectivity index (χ0n) is 13.7. The zero-order valence-corrected chi connectivity index (χ0v) is 13.7. The normalized spacial score (nSPS) is 15.4. The zero-order chi connectivity index (χ0) is 16.4. The van der Waals surface area contributed by atoms with Crippen LogP contribution >= 0.6 is 0 Å². The van der Waals surface area contributed by atoms with Gasteiger partial charge in [0.15, 0.2) is 0 Å². The number of hydrogen-bond donors (Lipinski definition) is 2. The average molecular weight is 312 g/mol. The molecule has 0 aromatic heterocycles. The summed E-state index contributed by atoms with van der Waals surface area (Å²) in [6, 6.07) is 12.0. The van der Waals surface area contributed by atoms with Crippen LogP contribution in [-0.4, -0.2) is 29.3 Å². The molecule has 1 atom stereocenters. The van der Waals surface area contributed by atoms with Gasteiger partial charge in [-0.2, -0.15) is 0 Å². The minimum absolute atomic E-state index is 0.303. The summed E-state index contributed by atoms with van der Waals surface area (Å²) in [6.07, 6.45) is -0.511. The van der Waals surface area contributed by atoms with Crippen molar-refractivity contribution in [2.24, 2.45) is 0 Å². The Morgan fingerprint density at radius 3 is 2.65 bits per heavy atom. The summed E-state index contributed by atoms with van der Waals surface area (Å²) < 4.78 is 5.71. The number of anilines is 1. The Balaban J connectivity index is 1.50. The first kappa shape index (κ1) is 15.8. The Hall–Kier alpha value is -2.04. The largest absolute Gasteiger partial charge is 0.491 e. The molecule has 1 aliphatic heterocycles. The molecule has 4 nitrogen and oxygen atoms in total. The monoisotopic (exact) mass is 312 g/mol. The van der Waals surface area contributed by atoms with Gasteiger partial charge in [-0.15, -0.1) is 0 Å². The molecule has 0 saturated carbocycles. The van der Waals surface area contributed by atoms with E-state index in [1.165, 1.54) is 22.3 Å². The predicted molar refractivity (Wildman–Crippen MR) is 92.4 cm³/mol. The highest BCUT2D eigenvalue weighted by Gasteiger charge is 2.21. The van der Waals surface area contributed by atoms with Gasteiger partial charge in [0, 0.05) is 25.3 Å². The second-order valence-electron chi connectivity index (χ2n) is 6.41. The molecule has 1 heterocycles. The average Bonchev–Trinajstić information content (AvgIpc) is 2.89. The molecule has 0 amide bonds. The number of aryl methyl sites for hydroxylation is 2. The van der Waals surface area contributed by atoms with Crippen LogP contribution in [0.15, 0.2) is 36.4 Å².